The van der Waals surface area contributed by atoms with Gasteiger partial charge in [0.05, 0.1) is 6.04 Å². The minimum absolute atomic E-state index is 0.0957. The number of nitrogens with one attached hydrogen (secondary N) is 3. The number of nitrogens with zero attached hydrogens (tertiary/aromatic N) is 2. The predicted octanol–water partition coefficient (Wildman–Crippen LogP) is 1.29. The Kier molecular flexibility index (Phi) is 7.36. The molecule has 1 saturated heterocycles. The van der Waals surface area contributed by atoms with Crippen molar-refractivity contribution in [3.8, 4) is 0 Å². The normalized spacial score (nSPS) is 18.2. The maximum absolute atomic E-state index is 12.7. The fourth-order valence-electron chi connectivity index (χ4n) is 2.91. The van der Waals surface area contributed by atoms with Gasteiger partial charge in [-0.25, -0.2) is 4.98 Å². The second-order valence-electron chi connectivity index (χ2n) is 6.43. The van der Waals surface area contributed by atoms with Crippen molar-refractivity contribution in [2.45, 2.75) is 24.9 Å². The van der Waals surface area contributed by atoms with Crippen molar-refractivity contribution >= 4 is 51.5 Å². The number of aryl methyl sites for hydroxylation is 1. The quantitative estimate of drug-likeness (QED) is 0.230. The van der Waals surface area contributed by atoms with Crippen molar-refractivity contribution in [1.29, 1.82) is 0 Å². The summed E-state index contributed by atoms with van der Waals surface area (Å²) >= 11 is 6.58. The molecule has 9 nitrogen and oxygen atoms in total. The number of aromatic nitrogens is 1. The highest BCUT2D eigenvalue weighted by Crippen LogP contribution is 2.18. The molecule has 0 saturated carbocycles. The molecule has 1 aromatic heterocycles. The zero-order valence-electron chi connectivity index (χ0n) is 16.1. The molecular weight excluding hydrogens is 430 g/mol. The minimum atomic E-state index is -0.669. The highest BCUT2D eigenvalue weighted by atomic mass is 35.5. The van der Waals surface area contributed by atoms with Crippen LogP contribution in [0.1, 0.15) is 17.7 Å². The number of amides is 3. The number of β-lactam (4-membered cyclic amide) rings is 1. The molecule has 3 N–H and O–H groups in total. The van der Waals surface area contributed by atoms with E-state index in [1.165, 1.54) is 7.11 Å². The number of oxime groups is 1. The van der Waals surface area contributed by atoms with Gasteiger partial charge in [0.25, 0.3) is 5.91 Å². The SMILES string of the molecule is CON=C(C(=O)N[C@@H]1C(=O)N[C@@H]1CCc1ccccc1)c1csc(NC(=O)CCl)n1. The molecule has 1 aliphatic rings. The molecular formula is C19H20ClN5O4S. The number of anilines is 1. The number of rotatable bonds is 9. The highest BCUT2D eigenvalue weighted by Gasteiger charge is 2.40. The lowest BCUT2D eigenvalue weighted by Gasteiger charge is -2.37. The zero-order chi connectivity index (χ0) is 21.5. The average Bonchev–Trinajstić information content (AvgIpc) is 3.21. The number of thiazole rings is 1. The first-order chi connectivity index (χ1) is 14.5. The second-order valence-corrected chi connectivity index (χ2v) is 7.56. The molecule has 30 heavy (non-hydrogen) atoms. The van der Waals surface area contributed by atoms with Gasteiger partial charge >= 0.3 is 0 Å². The fourth-order valence-corrected chi connectivity index (χ4v) is 3.69. The lowest BCUT2D eigenvalue weighted by atomic mass is 9.92. The third kappa shape index (κ3) is 5.33. The maximum Gasteiger partial charge on any atom is 0.276 e. The first-order valence-electron chi connectivity index (χ1n) is 9.10. The number of halogens is 1. The Bertz CT molecular complexity index is 949. The Balaban J connectivity index is 1.63. The molecule has 11 heteroatoms. The largest absolute Gasteiger partial charge is 0.398 e. The summed E-state index contributed by atoms with van der Waals surface area (Å²) in [7, 11) is 1.30. The molecule has 158 valence electrons. The van der Waals surface area contributed by atoms with Gasteiger partial charge in [-0.05, 0) is 18.4 Å². The number of hydrogen-bond donors (Lipinski definition) is 3. The summed E-state index contributed by atoms with van der Waals surface area (Å²) in [5.74, 6) is -1.48. The van der Waals surface area contributed by atoms with Crippen LogP contribution >= 0.6 is 22.9 Å². The van der Waals surface area contributed by atoms with E-state index in [0.29, 0.717) is 6.42 Å². The number of carbonyl (C=O) groups excluding carboxylic acids is 3. The number of hydrogen-bond acceptors (Lipinski definition) is 7. The molecule has 1 fully saturated rings. The summed E-state index contributed by atoms with van der Waals surface area (Å²) in [6.45, 7) is 0. The van der Waals surface area contributed by atoms with E-state index in [4.69, 9.17) is 16.4 Å². The molecule has 0 spiro atoms. The smallest absolute Gasteiger partial charge is 0.276 e. The zero-order valence-corrected chi connectivity index (χ0v) is 17.6. The van der Waals surface area contributed by atoms with Gasteiger partial charge in [-0.3, -0.25) is 14.4 Å². The number of carbonyl (C=O) groups is 3. The molecule has 1 aliphatic heterocycles. The molecule has 0 unspecified atom stereocenters. The van der Waals surface area contributed by atoms with Gasteiger partial charge < -0.3 is 20.8 Å². The van der Waals surface area contributed by atoms with Crippen LogP contribution in [0.3, 0.4) is 0 Å². The van der Waals surface area contributed by atoms with E-state index in [2.05, 4.69) is 26.1 Å². The van der Waals surface area contributed by atoms with Crippen molar-refractivity contribution < 1.29 is 19.2 Å². The van der Waals surface area contributed by atoms with Crippen molar-refractivity contribution in [3.05, 3.63) is 47.0 Å². The van der Waals surface area contributed by atoms with Crippen molar-refractivity contribution in [2.24, 2.45) is 5.16 Å². The molecule has 2 heterocycles. The van der Waals surface area contributed by atoms with E-state index in [9.17, 15) is 14.4 Å². The summed E-state index contributed by atoms with van der Waals surface area (Å²) < 4.78 is 0. The number of alkyl halides is 1. The standard InChI is InChI=1S/C19H20ClN5O4S/c1-29-25-16(13-10-30-19(22-13)23-14(26)9-20)18(28)24-15-12(21-17(15)27)8-7-11-5-3-2-4-6-11/h2-6,10,12,15H,7-9H2,1H3,(H,21,27)(H,24,28)(H,22,23,26)/t12-,15+/m1/s1. The second kappa shape index (κ2) is 10.2. The third-order valence-electron chi connectivity index (χ3n) is 4.40. The van der Waals surface area contributed by atoms with Crippen LogP contribution in [0.15, 0.2) is 40.9 Å². The van der Waals surface area contributed by atoms with Gasteiger partial charge in [0.15, 0.2) is 10.8 Å². The number of benzene rings is 1. The summed E-state index contributed by atoms with van der Waals surface area (Å²) in [6, 6.07) is 9.04. The van der Waals surface area contributed by atoms with Crippen molar-refractivity contribution in [2.75, 3.05) is 18.3 Å². The Morgan fingerprint density at radius 2 is 2.10 bits per heavy atom. The Hall–Kier alpha value is -2.98. The van der Waals surface area contributed by atoms with E-state index < -0.39 is 17.9 Å². The van der Waals surface area contributed by atoms with Crippen LogP contribution in [-0.2, 0) is 25.6 Å². The Morgan fingerprint density at radius 3 is 2.77 bits per heavy atom. The lowest BCUT2D eigenvalue weighted by molar-refractivity contribution is -0.134. The molecule has 2 aromatic rings. The molecule has 0 aliphatic carbocycles. The topological polar surface area (TPSA) is 122 Å². The van der Waals surface area contributed by atoms with Crippen molar-refractivity contribution in [3.63, 3.8) is 0 Å². The minimum Gasteiger partial charge on any atom is -0.398 e. The van der Waals surface area contributed by atoms with Crippen LogP contribution in [0, 0.1) is 0 Å². The van der Waals surface area contributed by atoms with E-state index >= 15 is 0 Å². The van der Waals surface area contributed by atoms with Gasteiger partial charge in [0.1, 0.15) is 24.7 Å². The summed E-state index contributed by atoms with van der Waals surface area (Å²) in [5.41, 5.74) is 1.27. The van der Waals surface area contributed by atoms with E-state index in [0.717, 1.165) is 23.3 Å². The molecule has 0 bridgehead atoms. The summed E-state index contributed by atoms with van der Waals surface area (Å²) in [4.78, 5) is 45.1. The van der Waals surface area contributed by atoms with E-state index in [1.807, 2.05) is 30.3 Å². The van der Waals surface area contributed by atoms with Gasteiger partial charge in [-0.2, -0.15) is 0 Å². The van der Waals surface area contributed by atoms with Crippen molar-refractivity contribution in [1.82, 2.24) is 15.6 Å². The first kappa shape index (κ1) is 21.7. The Morgan fingerprint density at radius 1 is 1.33 bits per heavy atom. The van der Waals surface area contributed by atoms with Crippen LogP contribution in [0.25, 0.3) is 0 Å². The summed E-state index contributed by atoms with van der Waals surface area (Å²) in [5, 5.41) is 13.6. The molecule has 2 atom stereocenters. The van der Waals surface area contributed by atoms with Crippen LogP contribution in [0.5, 0.6) is 0 Å². The molecule has 1 aromatic carbocycles. The fraction of sp³-hybridized carbons (Fsp3) is 0.316. The van der Waals surface area contributed by atoms with Crippen LogP contribution in [-0.4, -0.2) is 53.5 Å². The van der Waals surface area contributed by atoms with Crippen LogP contribution in [0.4, 0.5) is 5.13 Å². The monoisotopic (exact) mass is 449 g/mol. The van der Waals surface area contributed by atoms with Gasteiger partial charge in [0, 0.05) is 5.38 Å². The highest BCUT2D eigenvalue weighted by molar-refractivity contribution is 7.14. The van der Waals surface area contributed by atoms with Gasteiger partial charge in [0.2, 0.25) is 11.8 Å². The van der Waals surface area contributed by atoms with Gasteiger partial charge in [-0.15, -0.1) is 22.9 Å². The molecule has 3 rings (SSSR count). The van der Waals surface area contributed by atoms with E-state index in [1.54, 1.807) is 5.38 Å². The van der Waals surface area contributed by atoms with E-state index in [-0.39, 0.29) is 34.4 Å². The lowest BCUT2D eigenvalue weighted by Crippen LogP contribution is -2.69. The first-order valence-corrected chi connectivity index (χ1v) is 10.5. The maximum atomic E-state index is 12.7. The molecule has 0 radical (unpaired) electrons. The van der Waals surface area contributed by atoms with Gasteiger partial charge in [-0.1, -0.05) is 35.5 Å². The Labute approximate surface area is 181 Å². The average molecular weight is 450 g/mol. The molecule has 3 amide bonds. The van der Waals surface area contributed by atoms with Crippen LogP contribution < -0.4 is 16.0 Å². The predicted molar refractivity (Wildman–Crippen MR) is 114 cm³/mol. The summed E-state index contributed by atoms with van der Waals surface area (Å²) in [6.07, 6.45) is 1.45. The van der Waals surface area contributed by atoms with Crippen LogP contribution in [0.2, 0.25) is 0 Å². The third-order valence-corrected chi connectivity index (χ3v) is 5.40.